The van der Waals surface area contributed by atoms with Crippen LogP contribution in [0.1, 0.15) is 64.4 Å². The lowest BCUT2D eigenvalue weighted by Crippen LogP contribution is -2.54. The molecule has 4 aliphatic carbocycles. The Bertz CT molecular complexity index is 796. The first-order valence-electron chi connectivity index (χ1n) is 11.4. The molecular formula is C26H34O2. The Morgan fingerprint density at radius 2 is 1.82 bits per heavy atom. The molecule has 3 saturated carbocycles. The highest BCUT2D eigenvalue weighted by atomic mass is 16.3. The first-order chi connectivity index (χ1) is 13.4. The van der Waals surface area contributed by atoms with Crippen molar-refractivity contribution in [3.8, 4) is 0 Å². The second-order valence-corrected chi connectivity index (χ2v) is 10.6. The summed E-state index contributed by atoms with van der Waals surface area (Å²) in [4.78, 5) is 12.3. The van der Waals surface area contributed by atoms with Gasteiger partial charge in [-0.2, -0.15) is 0 Å². The minimum Gasteiger partial charge on any atom is -0.393 e. The molecule has 3 fully saturated rings. The van der Waals surface area contributed by atoms with Gasteiger partial charge in [-0.15, -0.1) is 0 Å². The molecule has 2 heteroatoms. The van der Waals surface area contributed by atoms with E-state index in [1.807, 2.05) is 6.08 Å². The lowest BCUT2D eigenvalue weighted by Gasteiger charge is -2.60. The summed E-state index contributed by atoms with van der Waals surface area (Å²) in [6.07, 6.45) is 10.3. The second kappa shape index (κ2) is 6.55. The lowest BCUT2D eigenvalue weighted by atomic mass is 9.44. The maximum atomic E-state index is 12.3. The number of carbonyl (C=O) groups excluding carboxylic acids is 1. The predicted molar refractivity (Wildman–Crippen MR) is 112 cm³/mol. The Kier molecular flexibility index (Phi) is 4.36. The molecular weight excluding hydrogens is 344 g/mol. The number of benzene rings is 1. The summed E-state index contributed by atoms with van der Waals surface area (Å²) in [6.45, 7) is 4.82. The van der Waals surface area contributed by atoms with Gasteiger partial charge in [0.2, 0.25) is 0 Å². The number of hydrogen-bond donors (Lipinski definition) is 1. The van der Waals surface area contributed by atoms with Crippen molar-refractivity contribution in [1.82, 2.24) is 0 Å². The van der Waals surface area contributed by atoms with Crippen LogP contribution in [0.25, 0.3) is 0 Å². The minimum absolute atomic E-state index is 0.0954. The Morgan fingerprint density at radius 3 is 2.61 bits per heavy atom. The summed E-state index contributed by atoms with van der Waals surface area (Å²) in [5.74, 6) is 2.89. The monoisotopic (exact) mass is 378 g/mol. The van der Waals surface area contributed by atoms with Crippen molar-refractivity contribution in [3.63, 3.8) is 0 Å². The number of carbonyl (C=O) groups is 1. The van der Waals surface area contributed by atoms with Crippen LogP contribution in [-0.2, 0) is 11.2 Å². The Morgan fingerprint density at radius 1 is 1.04 bits per heavy atom. The number of fused-ring (bicyclic) bond motifs is 5. The van der Waals surface area contributed by atoms with Crippen LogP contribution in [0.5, 0.6) is 0 Å². The molecule has 1 N–H and O–H groups in total. The van der Waals surface area contributed by atoms with E-state index in [2.05, 4.69) is 44.2 Å². The SMILES string of the molecule is CC12CCC(=O)C=C1C[C@@H](Cc1ccccc1)C1C2CCC2(C)C1CC[C@@H]2O. The third kappa shape index (κ3) is 2.67. The Labute approximate surface area is 169 Å². The number of aliphatic hydroxyl groups is 1. The predicted octanol–water partition coefficient (Wildman–Crippen LogP) is 5.35. The van der Waals surface area contributed by atoms with Gasteiger partial charge >= 0.3 is 0 Å². The van der Waals surface area contributed by atoms with E-state index < -0.39 is 0 Å². The van der Waals surface area contributed by atoms with Crippen LogP contribution in [0.4, 0.5) is 0 Å². The van der Waals surface area contributed by atoms with E-state index in [0.717, 1.165) is 38.5 Å². The van der Waals surface area contributed by atoms with Gasteiger partial charge in [0, 0.05) is 6.42 Å². The Balaban J connectivity index is 1.56. The molecule has 7 atom stereocenters. The standard InChI is InChI=1S/C26H34O2/c1-25-12-10-20(27)16-19(25)15-18(14-17-6-4-3-5-7-17)24-21-8-9-23(28)26(21,2)13-11-22(24)25/h3-7,16,18,21-24,28H,8-15H2,1-2H3/t18-,21?,22?,23+,24?,25?,26?/m1/s1. The maximum absolute atomic E-state index is 12.3. The van der Waals surface area contributed by atoms with E-state index in [0.29, 0.717) is 29.5 Å². The van der Waals surface area contributed by atoms with Crippen LogP contribution < -0.4 is 0 Å². The van der Waals surface area contributed by atoms with Gasteiger partial charge < -0.3 is 5.11 Å². The van der Waals surface area contributed by atoms with Gasteiger partial charge in [-0.05, 0) is 91.1 Å². The van der Waals surface area contributed by atoms with Gasteiger partial charge in [0.25, 0.3) is 0 Å². The fourth-order valence-electron chi connectivity index (χ4n) is 7.80. The summed E-state index contributed by atoms with van der Waals surface area (Å²) in [5, 5.41) is 10.8. The third-order valence-corrected chi connectivity index (χ3v) is 9.43. The number of rotatable bonds is 2. The summed E-state index contributed by atoms with van der Waals surface area (Å²) < 4.78 is 0. The number of hydrogen-bond acceptors (Lipinski definition) is 2. The molecule has 150 valence electrons. The molecule has 0 bridgehead atoms. The van der Waals surface area contributed by atoms with Gasteiger partial charge in [0.1, 0.15) is 0 Å². The highest BCUT2D eigenvalue weighted by molar-refractivity contribution is 5.91. The van der Waals surface area contributed by atoms with Crippen LogP contribution >= 0.6 is 0 Å². The summed E-state index contributed by atoms with van der Waals surface area (Å²) >= 11 is 0. The molecule has 0 saturated heterocycles. The topological polar surface area (TPSA) is 37.3 Å². The molecule has 0 radical (unpaired) electrons. The average Bonchev–Trinajstić information content (AvgIpc) is 2.99. The fourth-order valence-corrected chi connectivity index (χ4v) is 7.80. The molecule has 1 aromatic rings. The zero-order valence-electron chi connectivity index (χ0n) is 17.4. The van der Waals surface area contributed by atoms with Crippen molar-refractivity contribution in [3.05, 3.63) is 47.5 Å². The molecule has 0 aliphatic heterocycles. The fraction of sp³-hybridized carbons (Fsp3) is 0.654. The van der Waals surface area contributed by atoms with E-state index in [-0.39, 0.29) is 16.9 Å². The molecule has 4 aliphatic rings. The number of allylic oxidation sites excluding steroid dienone is 1. The summed E-state index contributed by atoms with van der Waals surface area (Å²) in [5.41, 5.74) is 3.15. The zero-order chi connectivity index (χ0) is 19.5. The highest BCUT2D eigenvalue weighted by Gasteiger charge is 2.61. The molecule has 5 rings (SSSR count). The van der Waals surface area contributed by atoms with Gasteiger partial charge in [-0.3, -0.25) is 4.79 Å². The third-order valence-electron chi connectivity index (χ3n) is 9.43. The minimum atomic E-state index is -0.131. The van der Waals surface area contributed by atoms with E-state index >= 15 is 0 Å². The van der Waals surface area contributed by atoms with Crippen molar-refractivity contribution in [2.24, 2.45) is 34.5 Å². The van der Waals surface area contributed by atoms with Gasteiger partial charge in [-0.25, -0.2) is 0 Å². The zero-order valence-corrected chi connectivity index (χ0v) is 17.4. The van der Waals surface area contributed by atoms with Crippen molar-refractivity contribution < 1.29 is 9.90 Å². The smallest absolute Gasteiger partial charge is 0.155 e. The van der Waals surface area contributed by atoms with Crippen LogP contribution in [0, 0.1) is 34.5 Å². The van der Waals surface area contributed by atoms with Crippen molar-refractivity contribution in [1.29, 1.82) is 0 Å². The lowest BCUT2D eigenvalue weighted by molar-refractivity contribution is -0.120. The van der Waals surface area contributed by atoms with Crippen LogP contribution in [0.2, 0.25) is 0 Å². The first kappa shape index (κ1) is 18.6. The number of ketones is 1. The molecule has 2 nitrogen and oxygen atoms in total. The maximum Gasteiger partial charge on any atom is 0.155 e. The normalized spacial score (nSPS) is 45.0. The second-order valence-electron chi connectivity index (χ2n) is 10.6. The van der Waals surface area contributed by atoms with Crippen molar-refractivity contribution in [2.45, 2.75) is 71.3 Å². The highest BCUT2D eigenvalue weighted by Crippen LogP contribution is 2.66. The van der Waals surface area contributed by atoms with E-state index in [9.17, 15) is 9.90 Å². The Hall–Kier alpha value is -1.41. The molecule has 0 aromatic heterocycles. The molecule has 0 spiro atoms. The molecule has 1 aromatic carbocycles. The molecule has 5 unspecified atom stereocenters. The van der Waals surface area contributed by atoms with E-state index in [1.54, 1.807) is 0 Å². The van der Waals surface area contributed by atoms with Crippen molar-refractivity contribution >= 4 is 5.78 Å². The first-order valence-corrected chi connectivity index (χ1v) is 11.4. The summed E-state index contributed by atoms with van der Waals surface area (Å²) in [6, 6.07) is 10.9. The van der Waals surface area contributed by atoms with Gasteiger partial charge in [0.05, 0.1) is 6.10 Å². The van der Waals surface area contributed by atoms with Crippen molar-refractivity contribution in [2.75, 3.05) is 0 Å². The van der Waals surface area contributed by atoms with Crippen LogP contribution in [0.3, 0.4) is 0 Å². The molecule has 28 heavy (non-hydrogen) atoms. The van der Waals surface area contributed by atoms with Gasteiger partial charge in [-0.1, -0.05) is 49.8 Å². The quantitative estimate of drug-likeness (QED) is 0.753. The summed E-state index contributed by atoms with van der Waals surface area (Å²) in [7, 11) is 0. The van der Waals surface area contributed by atoms with Gasteiger partial charge in [0.15, 0.2) is 5.78 Å². The van der Waals surface area contributed by atoms with Crippen LogP contribution in [-0.4, -0.2) is 17.0 Å². The van der Waals surface area contributed by atoms with Crippen LogP contribution in [0.15, 0.2) is 42.0 Å². The number of aliphatic hydroxyl groups excluding tert-OH is 1. The average molecular weight is 379 g/mol. The van der Waals surface area contributed by atoms with E-state index in [1.165, 1.54) is 24.0 Å². The van der Waals surface area contributed by atoms with E-state index in [4.69, 9.17) is 0 Å². The molecule has 0 heterocycles. The largest absolute Gasteiger partial charge is 0.393 e. The molecule has 0 amide bonds.